The predicted molar refractivity (Wildman–Crippen MR) is 61.8 cm³/mol. The van der Waals surface area contributed by atoms with Crippen molar-refractivity contribution in [3.8, 4) is 5.75 Å². The SMILES string of the molecule is Cc1cc(COc2ccc(Cl)cc2C)on1. The highest BCUT2D eigenvalue weighted by Gasteiger charge is 2.04. The van der Waals surface area contributed by atoms with Crippen molar-refractivity contribution in [1.82, 2.24) is 5.16 Å². The average Bonchev–Trinajstić information content (AvgIpc) is 2.63. The molecule has 84 valence electrons. The summed E-state index contributed by atoms with van der Waals surface area (Å²) in [5.74, 6) is 1.52. The van der Waals surface area contributed by atoms with Crippen molar-refractivity contribution in [2.45, 2.75) is 20.5 Å². The molecule has 0 amide bonds. The second kappa shape index (κ2) is 4.58. The van der Waals surface area contributed by atoms with Crippen LogP contribution in [0.4, 0.5) is 0 Å². The molecule has 0 aliphatic heterocycles. The van der Waals surface area contributed by atoms with E-state index in [-0.39, 0.29) is 0 Å². The number of hydrogen-bond donors (Lipinski definition) is 0. The third-order valence-corrected chi connectivity index (χ3v) is 2.42. The zero-order chi connectivity index (χ0) is 11.5. The van der Waals surface area contributed by atoms with Crippen LogP contribution in [-0.4, -0.2) is 5.16 Å². The summed E-state index contributed by atoms with van der Waals surface area (Å²) in [5.41, 5.74) is 1.86. The molecule has 16 heavy (non-hydrogen) atoms. The maximum Gasteiger partial charge on any atom is 0.174 e. The minimum Gasteiger partial charge on any atom is -0.485 e. The third kappa shape index (κ3) is 2.55. The summed E-state index contributed by atoms with van der Waals surface area (Å²) in [7, 11) is 0. The first-order valence-corrected chi connectivity index (χ1v) is 5.34. The Bertz CT molecular complexity index is 494. The van der Waals surface area contributed by atoms with Crippen LogP contribution in [0.1, 0.15) is 17.0 Å². The zero-order valence-corrected chi connectivity index (χ0v) is 9.91. The van der Waals surface area contributed by atoms with Crippen LogP contribution in [0.3, 0.4) is 0 Å². The summed E-state index contributed by atoms with van der Waals surface area (Å²) < 4.78 is 10.6. The Hall–Kier alpha value is -1.48. The van der Waals surface area contributed by atoms with E-state index in [2.05, 4.69) is 5.16 Å². The molecule has 0 bridgehead atoms. The van der Waals surface area contributed by atoms with Crippen LogP contribution in [-0.2, 0) is 6.61 Å². The molecule has 0 atom stereocenters. The Kier molecular flexibility index (Phi) is 3.15. The number of benzene rings is 1. The highest BCUT2D eigenvalue weighted by Crippen LogP contribution is 2.22. The summed E-state index contributed by atoms with van der Waals surface area (Å²) in [6.07, 6.45) is 0. The number of aromatic nitrogens is 1. The summed E-state index contributed by atoms with van der Waals surface area (Å²) in [6.45, 7) is 4.21. The molecule has 2 rings (SSSR count). The Labute approximate surface area is 99.0 Å². The molecule has 4 heteroatoms. The minimum absolute atomic E-state index is 0.378. The molecule has 0 N–H and O–H groups in total. The Morgan fingerprint density at radius 3 is 2.75 bits per heavy atom. The largest absolute Gasteiger partial charge is 0.485 e. The quantitative estimate of drug-likeness (QED) is 0.819. The number of aryl methyl sites for hydroxylation is 2. The van der Waals surface area contributed by atoms with Gasteiger partial charge in [0.1, 0.15) is 12.4 Å². The number of halogens is 1. The third-order valence-electron chi connectivity index (χ3n) is 2.18. The van der Waals surface area contributed by atoms with Gasteiger partial charge in [0, 0.05) is 11.1 Å². The minimum atomic E-state index is 0.378. The van der Waals surface area contributed by atoms with E-state index in [9.17, 15) is 0 Å². The number of hydrogen-bond acceptors (Lipinski definition) is 3. The summed E-state index contributed by atoms with van der Waals surface area (Å²) >= 11 is 5.85. The monoisotopic (exact) mass is 237 g/mol. The fourth-order valence-electron chi connectivity index (χ4n) is 1.41. The van der Waals surface area contributed by atoms with Gasteiger partial charge in [-0.15, -0.1) is 0 Å². The lowest BCUT2D eigenvalue weighted by Crippen LogP contribution is -1.95. The fourth-order valence-corrected chi connectivity index (χ4v) is 1.63. The topological polar surface area (TPSA) is 35.3 Å². The standard InChI is InChI=1S/C12H12ClNO2/c1-8-5-10(13)3-4-12(8)15-7-11-6-9(2)14-16-11/h3-6H,7H2,1-2H3. The normalized spacial score (nSPS) is 10.4. The first kappa shape index (κ1) is 11.0. The summed E-state index contributed by atoms with van der Waals surface area (Å²) in [6, 6.07) is 7.37. The molecule has 0 radical (unpaired) electrons. The number of rotatable bonds is 3. The van der Waals surface area contributed by atoms with Gasteiger partial charge in [0.05, 0.1) is 5.69 Å². The fraction of sp³-hybridized carbons (Fsp3) is 0.250. The van der Waals surface area contributed by atoms with E-state index >= 15 is 0 Å². The van der Waals surface area contributed by atoms with E-state index in [1.165, 1.54) is 0 Å². The predicted octanol–water partition coefficient (Wildman–Crippen LogP) is 3.52. The zero-order valence-electron chi connectivity index (χ0n) is 9.16. The smallest absolute Gasteiger partial charge is 0.174 e. The van der Waals surface area contributed by atoms with E-state index in [1.54, 1.807) is 6.07 Å². The van der Waals surface area contributed by atoms with Gasteiger partial charge in [-0.2, -0.15) is 0 Å². The molecule has 0 aliphatic rings. The second-order valence-electron chi connectivity index (χ2n) is 3.63. The highest BCUT2D eigenvalue weighted by molar-refractivity contribution is 6.30. The van der Waals surface area contributed by atoms with Crippen LogP contribution in [0.15, 0.2) is 28.8 Å². The van der Waals surface area contributed by atoms with Crippen molar-refractivity contribution >= 4 is 11.6 Å². The molecule has 1 aromatic carbocycles. The van der Waals surface area contributed by atoms with Crippen LogP contribution in [0.25, 0.3) is 0 Å². The first-order valence-electron chi connectivity index (χ1n) is 4.96. The lowest BCUT2D eigenvalue weighted by atomic mass is 10.2. The van der Waals surface area contributed by atoms with Gasteiger partial charge >= 0.3 is 0 Å². The van der Waals surface area contributed by atoms with E-state index < -0.39 is 0 Å². The molecule has 1 aromatic heterocycles. The van der Waals surface area contributed by atoms with Gasteiger partial charge < -0.3 is 9.26 Å². The lowest BCUT2D eigenvalue weighted by Gasteiger charge is -2.07. The van der Waals surface area contributed by atoms with Crippen LogP contribution in [0.5, 0.6) is 5.75 Å². The molecule has 2 aromatic rings. The van der Waals surface area contributed by atoms with Gasteiger partial charge in [-0.1, -0.05) is 16.8 Å². The molecule has 3 nitrogen and oxygen atoms in total. The molecule has 1 heterocycles. The number of ether oxygens (including phenoxy) is 1. The van der Waals surface area contributed by atoms with Crippen molar-refractivity contribution in [1.29, 1.82) is 0 Å². The molecule has 0 spiro atoms. The lowest BCUT2D eigenvalue weighted by molar-refractivity contribution is 0.247. The second-order valence-corrected chi connectivity index (χ2v) is 4.07. The van der Waals surface area contributed by atoms with Crippen LogP contribution < -0.4 is 4.74 Å². The summed E-state index contributed by atoms with van der Waals surface area (Å²) in [5, 5.41) is 4.50. The molecule has 0 saturated carbocycles. The highest BCUT2D eigenvalue weighted by atomic mass is 35.5. The first-order chi connectivity index (χ1) is 7.65. The van der Waals surface area contributed by atoms with E-state index in [4.69, 9.17) is 20.9 Å². The number of nitrogens with zero attached hydrogens (tertiary/aromatic N) is 1. The Morgan fingerprint density at radius 2 is 2.12 bits per heavy atom. The molecule has 0 fully saturated rings. The molecular formula is C12H12ClNO2. The van der Waals surface area contributed by atoms with Crippen molar-refractivity contribution in [2.24, 2.45) is 0 Å². The van der Waals surface area contributed by atoms with Crippen molar-refractivity contribution in [2.75, 3.05) is 0 Å². The van der Waals surface area contributed by atoms with Crippen LogP contribution in [0.2, 0.25) is 5.02 Å². The van der Waals surface area contributed by atoms with Crippen molar-refractivity contribution < 1.29 is 9.26 Å². The maximum atomic E-state index is 5.85. The average molecular weight is 238 g/mol. The van der Waals surface area contributed by atoms with E-state index in [1.807, 2.05) is 32.0 Å². The van der Waals surface area contributed by atoms with Gasteiger partial charge in [-0.25, -0.2) is 0 Å². The maximum absolute atomic E-state index is 5.85. The van der Waals surface area contributed by atoms with Gasteiger partial charge in [0.15, 0.2) is 5.76 Å². The van der Waals surface area contributed by atoms with E-state index in [0.29, 0.717) is 17.4 Å². The van der Waals surface area contributed by atoms with Crippen molar-refractivity contribution in [3.05, 3.63) is 46.3 Å². The van der Waals surface area contributed by atoms with Gasteiger partial charge in [0.2, 0.25) is 0 Å². The molecule has 0 aliphatic carbocycles. The Balaban J connectivity index is 2.04. The van der Waals surface area contributed by atoms with Crippen LogP contribution in [0, 0.1) is 13.8 Å². The molecule has 0 saturated heterocycles. The van der Waals surface area contributed by atoms with Crippen molar-refractivity contribution in [3.63, 3.8) is 0 Å². The molecule has 0 unspecified atom stereocenters. The van der Waals surface area contributed by atoms with E-state index in [0.717, 1.165) is 17.0 Å². The molecular weight excluding hydrogens is 226 g/mol. The van der Waals surface area contributed by atoms with Gasteiger partial charge in [-0.05, 0) is 37.6 Å². The van der Waals surface area contributed by atoms with Gasteiger partial charge in [-0.3, -0.25) is 0 Å². The van der Waals surface area contributed by atoms with Gasteiger partial charge in [0.25, 0.3) is 0 Å². The Morgan fingerprint density at radius 1 is 1.31 bits per heavy atom. The van der Waals surface area contributed by atoms with Crippen LogP contribution >= 0.6 is 11.6 Å². The summed E-state index contributed by atoms with van der Waals surface area (Å²) in [4.78, 5) is 0.